The Morgan fingerprint density at radius 2 is 2.47 bits per heavy atom. The Bertz CT molecular complexity index is 382. The maximum absolute atomic E-state index is 6.38. The maximum atomic E-state index is 6.38. The minimum atomic E-state index is -0.0669. The van der Waals surface area contributed by atoms with E-state index in [1.54, 1.807) is 6.20 Å². The highest BCUT2D eigenvalue weighted by atomic mass is 35.5. The molecule has 0 amide bonds. The van der Waals surface area contributed by atoms with Gasteiger partial charge in [-0.2, -0.15) is 16.9 Å². The fraction of sp³-hybridized carbons (Fsp3) is 0.727. The first-order valence-electron chi connectivity index (χ1n) is 5.90. The van der Waals surface area contributed by atoms with E-state index in [4.69, 9.17) is 17.3 Å². The molecule has 1 aliphatic rings. The predicted molar refractivity (Wildman–Crippen MR) is 73.6 cm³/mol. The van der Waals surface area contributed by atoms with Gasteiger partial charge in [0, 0.05) is 30.6 Å². The summed E-state index contributed by atoms with van der Waals surface area (Å²) in [5, 5.41) is 4.94. The summed E-state index contributed by atoms with van der Waals surface area (Å²) in [5.41, 5.74) is 7.35. The molecule has 6 heteroatoms. The fourth-order valence-corrected chi connectivity index (χ4v) is 3.78. The van der Waals surface area contributed by atoms with Gasteiger partial charge in [-0.25, -0.2) is 0 Å². The SMILES string of the molecule is CCn1ncc(Cl)c1C(N)C1CSCCN1C. The Balaban J connectivity index is 2.22. The molecule has 2 N–H and O–H groups in total. The molecule has 0 aliphatic carbocycles. The standard InChI is InChI=1S/C11H19ClN4S/c1-3-16-11(8(12)6-14-16)10(13)9-7-17-5-4-15(9)2/h6,9-10H,3-5,7,13H2,1-2H3. The number of nitrogens with two attached hydrogens (primary N) is 1. The molecule has 1 aromatic heterocycles. The molecule has 1 saturated heterocycles. The second kappa shape index (κ2) is 5.61. The number of aryl methyl sites for hydroxylation is 1. The van der Waals surface area contributed by atoms with Crippen molar-refractivity contribution in [1.82, 2.24) is 14.7 Å². The van der Waals surface area contributed by atoms with E-state index >= 15 is 0 Å². The van der Waals surface area contributed by atoms with E-state index in [0.717, 1.165) is 24.5 Å². The van der Waals surface area contributed by atoms with Crippen molar-refractivity contribution >= 4 is 23.4 Å². The summed E-state index contributed by atoms with van der Waals surface area (Å²) in [6.45, 7) is 3.94. The van der Waals surface area contributed by atoms with Crippen molar-refractivity contribution in [3.8, 4) is 0 Å². The monoisotopic (exact) mass is 274 g/mol. The lowest BCUT2D eigenvalue weighted by Crippen LogP contribution is -2.46. The number of halogens is 1. The molecule has 2 unspecified atom stereocenters. The zero-order valence-electron chi connectivity index (χ0n) is 10.3. The van der Waals surface area contributed by atoms with Crippen molar-refractivity contribution in [1.29, 1.82) is 0 Å². The Kier molecular flexibility index (Phi) is 4.36. The first kappa shape index (κ1) is 13.2. The predicted octanol–water partition coefficient (Wildman–Crippen LogP) is 1.60. The quantitative estimate of drug-likeness (QED) is 0.910. The summed E-state index contributed by atoms with van der Waals surface area (Å²) < 4.78 is 1.90. The van der Waals surface area contributed by atoms with E-state index in [1.165, 1.54) is 5.75 Å². The molecule has 17 heavy (non-hydrogen) atoms. The molecule has 96 valence electrons. The lowest BCUT2D eigenvalue weighted by atomic mass is 10.1. The molecule has 0 bridgehead atoms. The van der Waals surface area contributed by atoms with Crippen molar-refractivity contribution in [2.75, 3.05) is 25.1 Å². The van der Waals surface area contributed by atoms with E-state index in [2.05, 4.69) is 24.0 Å². The van der Waals surface area contributed by atoms with Gasteiger partial charge in [-0.1, -0.05) is 11.6 Å². The van der Waals surface area contributed by atoms with Crippen molar-refractivity contribution in [2.24, 2.45) is 5.73 Å². The largest absolute Gasteiger partial charge is 0.321 e. The second-order valence-corrected chi connectivity index (χ2v) is 5.90. The number of hydrogen-bond donors (Lipinski definition) is 1. The number of hydrogen-bond acceptors (Lipinski definition) is 4. The number of nitrogens with zero attached hydrogens (tertiary/aromatic N) is 3. The van der Waals surface area contributed by atoms with Crippen LogP contribution in [0.25, 0.3) is 0 Å². The lowest BCUT2D eigenvalue weighted by Gasteiger charge is -2.36. The normalized spacial score (nSPS) is 23.9. The van der Waals surface area contributed by atoms with Gasteiger partial charge in [0.25, 0.3) is 0 Å². The summed E-state index contributed by atoms with van der Waals surface area (Å²) in [7, 11) is 2.13. The van der Waals surface area contributed by atoms with Gasteiger partial charge >= 0.3 is 0 Å². The fourth-order valence-electron chi connectivity index (χ4n) is 2.22. The van der Waals surface area contributed by atoms with Gasteiger partial charge in [-0.3, -0.25) is 9.58 Å². The van der Waals surface area contributed by atoms with Crippen molar-refractivity contribution in [3.63, 3.8) is 0 Å². The third kappa shape index (κ3) is 2.62. The van der Waals surface area contributed by atoms with Crippen molar-refractivity contribution < 1.29 is 0 Å². The molecule has 2 rings (SSSR count). The summed E-state index contributed by atoms with van der Waals surface area (Å²) in [4.78, 5) is 2.32. The van der Waals surface area contributed by atoms with Crippen LogP contribution in [-0.2, 0) is 6.54 Å². The molecule has 0 saturated carbocycles. The van der Waals surface area contributed by atoms with E-state index < -0.39 is 0 Å². The van der Waals surface area contributed by atoms with Crippen LogP contribution in [0.4, 0.5) is 0 Å². The Hall–Kier alpha value is -0.230. The minimum absolute atomic E-state index is 0.0669. The molecule has 4 nitrogen and oxygen atoms in total. The molecule has 2 atom stereocenters. The van der Waals surface area contributed by atoms with E-state index in [-0.39, 0.29) is 6.04 Å². The Morgan fingerprint density at radius 3 is 3.12 bits per heavy atom. The molecule has 0 aromatic carbocycles. The maximum Gasteiger partial charge on any atom is 0.0834 e. The van der Waals surface area contributed by atoms with Gasteiger partial charge in [0.05, 0.1) is 23.0 Å². The highest BCUT2D eigenvalue weighted by Crippen LogP contribution is 2.29. The van der Waals surface area contributed by atoms with E-state index in [0.29, 0.717) is 11.1 Å². The van der Waals surface area contributed by atoms with Gasteiger partial charge < -0.3 is 5.73 Å². The smallest absolute Gasteiger partial charge is 0.0834 e. The van der Waals surface area contributed by atoms with E-state index in [1.807, 2.05) is 16.4 Å². The molecule has 2 heterocycles. The zero-order chi connectivity index (χ0) is 12.4. The number of aromatic nitrogens is 2. The third-order valence-electron chi connectivity index (χ3n) is 3.31. The van der Waals surface area contributed by atoms with Gasteiger partial charge in [-0.05, 0) is 14.0 Å². The molecule has 1 aromatic rings. The molecular weight excluding hydrogens is 256 g/mol. The van der Waals surface area contributed by atoms with Crippen LogP contribution in [0.1, 0.15) is 18.7 Å². The summed E-state index contributed by atoms with van der Waals surface area (Å²) in [5.74, 6) is 2.24. The average molecular weight is 275 g/mol. The van der Waals surface area contributed by atoms with Crippen LogP contribution in [0, 0.1) is 0 Å². The molecular formula is C11H19ClN4S. The van der Waals surface area contributed by atoms with Crippen LogP contribution in [0.2, 0.25) is 5.02 Å². The molecule has 0 spiro atoms. The highest BCUT2D eigenvalue weighted by Gasteiger charge is 2.30. The molecule has 0 radical (unpaired) electrons. The van der Waals surface area contributed by atoms with Gasteiger partial charge in [0.15, 0.2) is 0 Å². The van der Waals surface area contributed by atoms with Crippen LogP contribution in [-0.4, -0.2) is 45.8 Å². The third-order valence-corrected chi connectivity index (χ3v) is 4.65. The summed E-state index contributed by atoms with van der Waals surface area (Å²) >= 11 is 8.15. The number of thioether (sulfide) groups is 1. The highest BCUT2D eigenvalue weighted by molar-refractivity contribution is 7.99. The summed E-state index contributed by atoms with van der Waals surface area (Å²) in [6.07, 6.45) is 1.69. The van der Waals surface area contributed by atoms with Crippen LogP contribution in [0.15, 0.2) is 6.20 Å². The first-order valence-corrected chi connectivity index (χ1v) is 7.43. The van der Waals surface area contributed by atoms with Gasteiger partial charge in [-0.15, -0.1) is 0 Å². The topological polar surface area (TPSA) is 47.1 Å². The van der Waals surface area contributed by atoms with Crippen LogP contribution < -0.4 is 5.73 Å². The van der Waals surface area contributed by atoms with E-state index in [9.17, 15) is 0 Å². The number of rotatable bonds is 3. The lowest BCUT2D eigenvalue weighted by molar-refractivity contribution is 0.232. The Labute approximate surface area is 111 Å². The Morgan fingerprint density at radius 1 is 1.71 bits per heavy atom. The summed E-state index contributed by atoms with van der Waals surface area (Å²) in [6, 6.07) is 0.274. The van der Waals surface area contributed by atoms with Crippen LogP contribution in [0.5, 0.6) is 0 Å². The van der Waals surface area contributed by atoms with Crippen molar-refractivity contribution in [2.45, 2.75) is 25.6 Å². The minimum Gasteiger partial charge on any atom is -0.321 e. The van der Waals surface area contributed by atoms with Crippen LogP contribution >= 0.6 is 23.4 Å². The van der Waals surface area contributed by atoms with Crippen LogP contribution in [0.3, 0.4) is 0 Å². The number of likely N-dealkylation sites (N-methyl/N-ethyl adjacent to an activating group) is 1. The zero-order valence-corrected chi connectivity index (χ0v) is 11.8. The van der Waals surface area contributed by atoms with Crippen molar-refractivity contribution in [3.05, 3.63) is 16.9 Å². The second-order valence-electron chi connectivity index (χ2n) is 4.34. The first-order chi connectivity index (χ1) is 8.15. The average Bonchev–Trinajstić information content (AvgIpc) is 2.70. The van der Waals surface area contributed by atoms with Gasteiger partial charge in [0.2, 0.25) is 0 Å². The molecule has 1 aliphatic heterocycles. The van der Waals surface area contributed by atoms with Gasteiger partial charge in [0.1, 0.15) is 0 Å². The molecule has 1 fully saturated rings.